The number of aryl methyl sites for hydroxylation is 1. The highest BCUT2D eigenvalue weighted by atomic mass is 16.2. The molecular formula is C17H19NO. The first-order valence-electron chi connectivity index (χ1n) is 7.12. The summed E-state index contributed by atoms with van der Waals surface area (Å²) < 4.78 is 0. The van der Waals surface area contributed by atoms with E-state index in [1.807, 2.05) is 0 Å². The van der Waals surface area contributed by atoms with Gasteiger partial charge in [-0.15, -0.1) is 12.3 Å². The summed E-state index contributed by atoms with van der Waals surface area (Å²) in [6.45, 7) is 0.709. The molecule has 1 fully saturated rings. The van der Waals surface area contributed by atoms with Gasteiger partial charge in [-0.25, -0.2) is 0 Å². The number of carbonyl (C=O) groups is 1. The van der Waals surface area contributed by atoms with E-state index in [1.165, 1.54) is 11.1 Å². The number of hydrogen-bond acceptors (Lipinski definition) is 1. The molecule has 2 heteroatoms. The summed E-state index contributed by atoms with van der Waals surface area (Å²) in [7, 11) is 0. The Hall–Kier alpha value is -1.75. The van der Waals surface area contributed by atoms with Crippen molar-refractivity contribution in [3.05, 3.63) is 35.4 Å². The van der Waals surface area contributed by atoms with Crippen molar-refractivity contribution in [2.45, 2.75) is 31.6 Å². The molecule has 98 valence electrons. The van der Waals surface area contributed by atoms with Crippen LogP contribution in [0.2, 0.25) is 0 Å². The van der Waals surface area contributed by atoms with Crippen LogP contribution >= 0.6 is 0 Å². The molecule has 1 amide bonds. The van der Waals surface area contributed by atoms with Crippen molar-refractivity contribution in [3.63, 3.8) is 0 Å². The van der Waals surface area contributed by atoms with Crippen LogP contribution in [0.25, 0.3) is 0 Å². The highest BCUT2D eigenvalue weighted by molar-refractivity contribution is 5.84. The minimum absolute atomic E-state index is 0.203. The smallest absolute Gasteiger partial charge is 0.224 e. The van der Waals surface area contributed by atoms with Crippen molar-refractivity contribution in [1.82, 2.24) is 5.32 Å². The number of benzene rings is 1. The quantitative estimate of drug-likeness (QED) is 0.648. The van der Waals surface area contributed by atoms with E-state index < -0.39 is 0 Å². The highest BCUT2D eigenvalue weighted by Crippen LogP contribution is 2.59. The molecule has 0 bridgehead atoms. The Morgan fingerprint density at radius 3 is 3.11 bits per heavy atom. The van der Waals surface area contributed by atoms with Crippen LogP contribution in [-0.4, -0.2) is 12.5 Å². The summed E-state index contributed by atoms with van der Waals surface area (Å²) in [6, 6.07) is 8.57. The average Bonchev–Trinajstić information content (AvgIpc) is 3.18. The monoisotopic (exact) mass is 253 g/mol. The maximum absolute atomic E-state index is 12.2. The van der Waals surface area contributed by atoms with Crippen LogP contribution in [0.5, 0.6) is 0 Å². The van der Waals surface area contributed by atoms with Crippen molar-refractivity contribution < 1.29 is 4.79 Å². The van der Waals surface area contributed by atoms with Gasteiger partial charge in [0.2, 0.25) is 5.91 Å². The molecule has 19 heavy (non-hydrogen) atoms. The number of nitrogens with one attached hydrogen (secondary N) is 1. The van der Waals surface area contributed by atoms with Crippen LogP contribution in [0.15, 0.2) is 24.3 Å². The standard InChI is InChI=1S/C17H19NO/c1-2-3-6-11-18-17(19)16-14-10-9-12-7-4-5-8-13(12)15(14)16/h1,4-5,7-8,14-16H,3,6,9-11H2,(H,18,19). The van der Waals surface area contributed by atoms with E-state index in [-0.39, 0.29) is 11.8 Å². The summed E-state index contributed by atoms with van der Waals surface area (Å²) in [4.78, 5) is 12.2. The molecule has 3 atom stereocenters. The fourth-order valence-electron chi connectivity index (χ4n) is 3.44. The van der Waals surface area contributed by atoms with E-state index in [1.54, 1.807) is 0 Å². The van der Waals surface area contributed by atoms with E-state index in [9.17, 15) is 4.79 Å². The number of hydrogen-bond donors (Lipinski definition) is 1. The van der Waals surface area contributed by atoms with Gasteiger partial charge in [0.25, 0.3) is 0 Å². The second-order valence-corrected chi connectivity index (χ2v) is 5.55. The lowest BCUT2D eigenvalue weighted by atomic mass is 9.92. The zero-order chi connectivity index (χ0) is 13.2. The number of rotatable bonds is 4. The minimum Gasteiger partial charge on any atom is -0.356 e. The summed E-state index contributed by atoms with van der Waals surface area (Å²) in [5.41, 5.74) is 2.84. The fraction of sp³-hybridized carbons (Fsp3) is 0.471. The average molecular weight is 253 g/mol. The van der Waals surface area contributed by atoms with Crippen molar-refractivity contribution in [3.8, 4) is 12.3 Å². The molecule has 0 aliphatic heterocycles. The van der Waals surface area contributed by atoms with E-state index in [4.69, 9.17) is 6.42 Å². The number of unbranched alkanes of at least 4 members (excludes halogenated alkanes) is 1. The molecule has 1 saturated carbocycles. The Bertz CT molecular complexity index is 528. The first-order valence-corrected chi connectivity index (χ1v) is 7.12. The largest absolute Gasteiger partial charge is 0.356 e. The van der Waals surface area contributed by atoms with E-state index in [0.717, 1.165) is 25.7 Å². The first-order chi connectivity index (χ1) is 9.33. The third-order valence-corrected chi connectivity index (χ3v) is 4.43. The van der Waals surface area contributed by atoms with E-state index >= 15 is 0 Å². The zero-order valence-corrected chi connectivity index (χ0v) is 11.1. The normalized spacial score (nSPS) is 26.8. The van der Waals surface area contributed by atoms with Gasteiger partial charge in [0.05, 0.1) is 0 Å². The fourth-order valence-corrected chi connectivity index (χ4v) is 3.44. The van der Waals surface area contributed by atoms with Crippen molar-refractivity contribution >= 4 is 5.91 Å². The van der Waals surface area contributed by atoms with Crippen LogP contribution in [0.1, 0.15) is 36.3 Å². The van der Waals surface area contributed by atoms with Gasteiger partial charge < -0.3 is 5.32 Å². The lowest BCUT2D eigenvalue weighted by Gasteiger charge is -2.13. The zero-order valence-electron chi connectivity index (χ0n) is 11.1. The summed E-state index contributed by atoms with van der Waals surface area (Å²) >= 11 is 0. The lowest BCUT2D eigenvalue weighted by Crippen LogP contribution is -2.26. The molecule has 2 aliphatic carbocycles. The van der Waals surface area contributed by atoms with Gasteiger partial charge in [-0.05, 0) is 42.2 Å². The Labute approximate surface area is 114 Å². The van der Waals surface area contributed by atoms with Gasteiger partial charge >= 0.3 is 0 Å². The molecule has 0 saturated heterocycles. The van der Waals surface area contributed by atoms with Crippen LogP contribution in [0.3, 0.4) is 0 Å². The lowest BCUT2D eigenvalue weighted by molar-refractivity contribution is -0.122. The topological polar surface area (TPSA) is 29.1 Å². The Kier molecular flexibility index (Phi) is 3.29. The molecule has 2 aliphatic rings. The molecule has 1 aromatic carbocycles. The number of terminal acetylenes is 1. The van der Waals surface area contributed by atoms with Crippen LogP contribution in [0, 0.1) is 24.2 Å². The first kappa shape index (κ1) is 12.3. The third kappa shape index (κ3) is 2.26. The van der Waals surface area contributed by atoms with Crippen molar-refractivity contribution in [2.24, 2.45) is 11.8 Å². The molecule has 1 N–H and O–H groups in total. The maximum Gasteiger partial charge on any atom is 0.224 e. The SMILES string of the molecule is C#CCCCNC(=O)C1C2CCc3ccccc3C21. The van der Waals surface area contributed by atoms with Gasteiger partial charge in [-0.2, -0.15) is 0 Å². The van der Waals surface area contributed by atoms with Crippen LogP contribution in [0.4, 0.5) is 0 Å². The predicted molar refractivity (Wildman–Crippen MR) is 75.6 cm³/mol. The maximum atomic E-state index is 12.2. The van der Waals surface area contributed by atoms with Crippen molar-refractivity contribution in [1.29, 1.82) is 0 Å². The number of fused-ring (bicyclic) bond motifs is 3. The molecule has 3 rings (SSSR count). The van der Waals surface area contributed by atoms with Gasteiger partial charge in [-0.3, -0.25) is 4.79 Å². The van der Waals surface area contributed by atoms with E-state index in [2.05, 4.69) is 35.5 Å². The summed E-state index contributed by atoms with van der Waals surface area (Å²) in [5, 5.41) is 3.03. The molecule has 0 spiro atoms. The van der Waals surface area contributed by atoms with Gasteiger partial charge in [-0.1, -0.05) is 24.3 Å². The summed E-state index contributed by atoms with van der Waals surface area (Å²) in [6.07, 6.45) is 9.10. The number of carbonyl (C=O) groups excluding carboxylic acids is 1. The highest BCUT2D eigenvalue weighted by Gasteiger charge is 2.56. The predicted octanol–water partition coefficient (Wildman–Crippen LogP) is 2.49. The van der Waals surface area contributed by atoms with Gasteiger partial charge in [0, 0.05) is 18.9 Å². The number of amides is 1. The Balaban J connectivity index is 1.61. The molecule has 2 nitrogen and oxygen atoms in total. The van der Waals surface area contributed by atoms with Gasteiger partial charge in [0.15, 0.2) is 0 Å². The molecular weight excluding hydrogens is 234 g/mol. The van der Waals surface area contributed by atoms with Crippen LogP contribution < -0.4 is 5.32 Å². The molecule has 0 heterocycles. The molecule has 1 aromatic rings. The minimum atomic E-state index is 0.203. The van der Waals surface area contributed by atoms with Gasteiger partial charge in [0.1, 0.15) is 0 Å². The molecule has 0 radical (unpaired) electrons. The Morgan fingerprint density at radius 1 is 1.42 bits per heavy atom. The summed E-state index contributed by atoms with van der Waals surface area (Å²) in [5.74, 6) is 4.07. The molecule has 3 unspecified atom stereocenters. The van der Waals surface area contributed by atoms with E-state index in [0.29, 0.717) is 18.4 Å². The second-order valence-electron chi connectivity index (χ2n) is 5.55. The molecule has 0 aromatic heterocycles. The third-order valence-electron chi connectivity index (χ3n) is 4.43. The Morgan fingerprint density at radius 2 is 2.26 bits per heavy atom. The van der Waals surface area contributed by atoms with Crippen molar-refractivity contribution in [2.75, 3.05) is 6.54 Å². The second kappa shape index (κ2) is 5.09. The van der Waals surface area contributed by atoms with Crippen LogP contribution in [-0.2, 0) is 11.2 Å².